The van der Waals surface area contributed by atoms with Crippen molar-refractivity contribution >= 4 is 27.6 Å². The molecule has 0 fully saturated rings. The van der Waals surface area contributed by atoms with Crippen LogP contribution in [0.1, 0.15) is 16.7 Å². The maximum Gasteiger partial charge on any atom is 0.191 e. The minimum Gasteiger partial charge on any atom is -0.356 e. The lowest BCUT2D eigenvalue weighted by atomic mass is 10.1. The van der Waals surface area contributed by atoms with Crippen molar-refractivity contribution in [3.05, 3.63) is 59.2 Å². The first-order valence-corrected chi connectivity index (χ1v) is 11.8. The van der Waals surface area contributed by atoms with Gasteiger partial charge in [0.1, 0.15) is 0 Å². The molecule has 0 radical (unpaired) electrons. The molecular weight excluding hydrogens is 378 g/mol. The lowest BCUT2D eigenvalue weighted by Crippen LogP contribution is -2.37. The molecule has 0 saturated heterocycles. The van der Waals surface area contributed by atoms with Crippen LogP contribution in [0.4, 0.5) is 0 Å². The fourth-order valence-corrected chi connectivity index (χ4v) is 3.96. The summed E-state index contributed by atoms with van der Waals surface area (Å²) >= 11 is 1.74. The van der Waals surface area contributed by atoms with Crippen LogP contribution in [0.2, 0.25) is 0 Å². The van der Waals surface area contributed by atoms with E-state index in [4.69, 9.17) is 0 Å². The molecule has 0 saturated carbocycles. The highest BCUT2D eigenvalue weighted by atomic mass is 32.2. The summed E-state index contributed by atoms with van der Waals surface area (Å²) in [4.78, 5) is 5.88. The van der Waals surface area contributed by atoms with Crippen LogP contribution >= 0.6 is 11.8 Å². The number of nitrogens with zero attached hydrogens (tertiary/aromatic N) is 1. The normalized spacial score (nSPS) is 12.1. The Hall–Kier alpha value is -1.99. The molecule has 2 N–H and O–H groups in total. The van der Waals surface area contributed by atoms with E-state index in [1.165, 1.54) is 22.3 Å². The SMILES string of the molecule is CN=C(NCCc1ccc(S(C)(=O)=O)cc1)NCc1ccc(C)cc1SC. The Morgan fingerprint density at radius 1 is 1.11 bits per heavy atom. The molecule has 0 aliphatic carbocycles. The number of guanidine groups is 1. The summed E-state index contributed by atoms with van der Waals surface area (Å²) < 4.78 is 23.0. The number of benzene rings is 2. The van der Waals surface area contributed by atoms with Crippen molar-refractivity contribution in [3.8, 4) is 0 Å². The fraction of sp³-hybridized carbons (Fsp3) is 0.350. The molecule has 0 aliphatic rings. The number of sulfone groups is 1. The summed E-state index contributed by atoms with van der Waals surface area (Å²) in [6.07, 6.45) is 4.08. The van der Waals surface area contributed by atoms with Gasteiger partial charge in [-0.15, -0.1) is 11.8 Å². The van der Waals surface area contributed by atoms with Crippen molar-refractivity contribution in [2.24, 2.45) is 4.99 Å². The van der Waals surface area contributed by atoms with Crippen LogP contribution < -0.4 is 10.6 Å². The summed E-state index contributed by atoms with van der Waals surface area (Å²) in [5.41, 5.74) is 3.58. The molecule has 5 nitrogen and oxygen atoms in total. The number of hydrogen-bond acceptors (Lipinski definition) is 4. The molecule has 2 aromatic carbocycles. The van der Waals surface area contributed by atoms with Gasteiger partial charge < -0.3 is 10.6 Å². The standard InChI is InChI=1S/C20H27N3O2S2/c1-15-5-8-17(19(13-15)26-3)14-23-20(21-2)22-12-11-16-6-9-18(10-7-16)27(4,24)25/h5-10,13H,11-12,14H2,1-4H3,(H2,21,22,23). The van der Waals surface area contributed by atoms with Crippen LogP contribution in [0, 0.1) is 6.92 Å². The predicted octanol–water partition coefficient (Wildman–Crippen LogP) is 3.03. The summed E-state index contributed by atoms with van der Waals surface area (Å²) in [7, 11) is -1.40. The predicted molar refractivity (Wildman–Crippen MR) is 114 cm³/mol. The number of aliphatic imine (C=N–C) groups is 1. The van der Waals surface area contributed by atoms with E-state index in [2.05, 4.69) is 47.0 Å². The maximum absolute atomic E-state index is 11.5. The molecule has 0 spiro atoms. The zero-order chi connectivity index (χ0) is 19.9. The Kier molecular flexibility index (Phi) is 7.74. The molecule has 0 aliphatic heterocycles. The number of thioether (sulfide) groups is 1. The third-order valence-electron chi connectivity index (χ3n) is 4.17. The van der Waals surface area contributed by atoms with E-state index >= 15 is 0 Å². The molecule has 2 aromatic rings. The Labute approximate surface area is 166 Å². The highest BCUT2D eigenvalue weighted by Crippen LogP contribution is 2.21. The summed E-state index contributed by atoms with van der Waals surface area (Å²) in [5.74, 6) is 0.746. The lowest BCUT2D eigenvalue weighted by Gasteiger charge is -2.14. The van der Waals surface area contributed by atoms with Crippen LogP contribution in [0.5, 0.6) is 0 Å². The van der Waals surface area contributed by atoms with E-state index in [1.54, 1.807) is 30.9 Å². The average molecular weight is 406 g/mol. The minimum absolute atomic E-state index is 0.347. The van der Waals surface area contributed by atoms with Gasteiger partial charge in [-0.05, 0) is 54.5 Å². The molecule has 2 rings (SSSR count). The lowest BCUT2D eigenvalue weighted by molar-refractivity contribution is 0.602. The Morgan fingerprint density at radius 3 is 2.41 bits per heavy atom. The van der Waals surface area contributed by atoms with E-state index in [0.717, 1.165) is 17.9 Å². The van der Waals surface area contributed by atoms with Gasteiger partial charge in [-0.2, -0.15) is 0 Å². The van der Waals surface area contributed by atoms with Crippen molar-refractivity contribution in [3.63, 3.8) is 0 Å². The van der Waals surface area contributed by atoms with E-state index in [-0.39, 0.29) is 0 Å². The molecule has 0 bridgehead atoms. The second kappa shape index (κ2) is 9.80. The van der Waals surface area contributed by atoms with Gasteiger partial charge in [0.25, 0.3) is 0 Å². The highest BCUT2D eigenvalue weighted by Gasteiger charge is 2.07. The number of rotatable bonds is 7. The van der Waals surface area contributed by atoms with Crippen molar-refractivity contribution in [1.29, 1.82) is 0 Å². The van der Waals surface area contributed by atoms with E-state index in [0.29, 0.717) is 18.0 Å². The van der Waals surface area contributed by atoms with Crippen LogP contribution in [0.25, 0.3) is 0 Å². The zero-order valence-electron chi connectivity index (χ0n) is 16.2. The average Bonchev–Trinajstić information content (AvgIpc) is 2.64. The monoisotopic (exact) mass is 405 g/mol. The van der Waals surface area contributed by atoms with Gasteiger partial charge in [-0.25, -0.2) is 8.42 Å². The Balaban J connectivity index is 1.86. The van der Waals surface area contributed by atoms with Crippen molar-refractivity contribution in [2.75, 3.05) is 26.1 Å². The van der Waals surface area contributed by atoms with Crippen LogP contribution in [0.15, 0.2) is 57.2 Å². The molecular formula is C20H27N3O2S2. The Bertz CT molecular complexity index is 892. The van der Waals surface area contributed by atoms with Gasteiger partial charge in [0, 0.05) is 31.3 Å². The molecule has 0 aromatic heterocycles. The van der Waals surface area contributed by atoms with Crippen molar-refractivity contribution in [1.82, 2.24) is 10.6 Å². The van der Waals surface area contributed by atoms with Crippen LogP contribution in [-0.2, 0) is 22.8 Å². The first-order valence-electron chi connectivity index (χ1n) is 8.70. The molecule has 0 atom stereocenters. The van der Waals surface area contributed by atoms with Crippen LogP contribution in [-0.4, -0.2) is 40.5 Å². The molecule has 0 heterocycles. The molecule has 146 valence electrons. The summed E-state index contributed by atoms with van der Waals surface area (Å²) in [6, 6.07) is 13.5. The number of aryl methyl sites for hydroxylation is 1. The maximum atomic E-state index is 11.5. The van der Waals surface area contributed by atoms with Crippen molar-refractivity contribution < 1.29 is 8.42 Å². The second-order valence-electron chi connectivity index (χ2n) is 6.33. The molecule has 27 heavy (non-hydrogen) atoms. The number of hydrogen-bond donors (Lipinski definition) is 2. The first-order chi connectivity index (χ1) is 12.8. The topological polar surface area (TPSA) is 70.6 Å². The number of nitrogens with one attached hydrogen (secondary N) is 2. The van der Waals surface area contributed by atoms with Gasteiger partial charge in [0.05, 0.1) is 4.90 Å². The van der Waals surface area contributed by atoms with Gasteiger partial charge in [0.2, 0.25) is 0 Å². The van der Waals surface area contributed by atoms with Gasteiger partial charge in [0.15, 0.2) is 15.8 Å². The quantitative estimate of drug-likeness (QED) is 0.421. The molecule has 0 amide bonds. The molecule has 7 heteroatoms. The van der Waals surface area contributed by atoms with Gasteiger partial charge >= 0.3 is 0 Å². The van der Waals surface area contributed by atoms with Gasteiger partial charge in [-0.3, -0.25) is 4.99 Å². The minimum atomic E-state index is -3.15. The third kappa shape index (κ3) is 6.59. The summed E-state index contributed by atoms with van der Waals surface area (Å²) in [6.45, 7) is 3.51. The Morgan fingerprint density at radius 2 is 1.81 bits per heavy atom. The largest absolute Gasteiger partial charge is 0.356 e. The van der Waals surface area contributed by atoms with E-state index in [1.807, 2.05) is 12.1 Å². The van der Waals surface area contributed by atoms with E-state index in [9.17, 15) is 8.42 Å². The van der Waals surface area contributed by atoms with Crippen molar-refractivity contribution in [2.45, 2.75) is 29.7 Å². The van der Waals surface area contributed by atoms with Crippen LogP contribution in [0.3, 0.4) is 0 Å². The first kappa shape index (κ1) is 21.3. The highest BCUT2D eigenvalue weighted by molar-refractivity contribution is 7.98. The second-order valence-corrected chi connectivity index (χ2v) is 9.20. The third-order valence-corrected chi connectivity index (χ3v) is 6.12. The molecule has 0 unspecified atom stereocenters. The zero-order valence-corrected chi connectivity index (χ0v) is 17.9. The van der Waals surface area contributed by atoms with Gasteiger partial charge in [-0.1, -0.05) is 24.3 Å². The smallest absolute Gasteiger partial charge is 0.191 e. The van der Waals surface area contributed by atoms with E-state index < -0.39 is 9.84 Å². The fourth-order valence-electron chi connectivity index (χ4n) is 2.63. The summed E-state index contributed by atoms with van der Waals surface area (Å²) in [5, 5.41) is 6.64.